The van der Waals surface area contributed by atoms with Crippen LogP contribution in [0.4, 0.5) is 0 Å². The van der Waals surface area contributed by atoms with Gasteiger partial charge in [-0.15, -0.1) is 6.58 Å². The van der Waals surface area contributed by atoms with Gasteiger partial charge in [0.25, 0.3) is 0 Å². The van der Waals surface area contributed by atoms with Crippen molar-refractivity contribution in [2.75, 3.05) is 0 Å². The molecule has 102 valence electrons. The summed E-state index contributed by atoms with van der Waals surface area (Å²) in [5.41, 5.74) is 1.10. The van der Waals surface area contributed by atoms with E-state index in [9.17, 15) is 0 Å². The molecule has 19 heavy (non-hydrogen) atoms. The van der Waals surface area contributed by atoms with E-state index in [4.69, 9.17) is 14.4 Å². The zero-order chi connectivity index (χ0) is 14.1. The minimum atomic E-state index is -0.380. The number of aliphatic hydroxyl groups excluding tert-OH is 1. The number of hydrogen-bond acceptors (Lipinski definition) is 3. The highest BCUT2D eigenvalue weighted by molar-refractivity contribution is 6.62. The summed E-state index contributed by atoms with van der Waals surface area (Å²) < 4.78 is 12.2. The van der Waals surface area contributed by atoms with Crippen LogP contribution >= 0.6 is 0 Å². The average Bonchev–Trinajstić information content (AvgIpc) is 2.61. The fraction of sp³-hybridized carbons (Fsp3) is 0.467. The lowest BCUT2D eigenvalue weighted by Crippen LogP contribution is -2.44. The molecular weight excluding hydrogens is 239 g/mol. The molecule has 0 aliphatic carbocycles. The molecule has 1 fully saturated rings. The van der Waals surface area contributed by atoms with Crippen molar-refractivity contribution in [1.29, 1.82) is 0 Å². The Bertz CT molecular complexity index is 455. The molecule has 0 spiro atoms. The van der Waals surface area contributed by atoms with Crippen LogP contribution in [0.25, 0.3) is 0 Å². The Morgan fingerprint density at radius 2 is 1.84 bits per heavy atom. The van der Waals surface area contributed by atoms with Gasteiger partial charge < -0.3 is 14.4 Å². The Morgan fingerprint density at radius 3 is 2.37 bits per heavy atom. The molecule has 4 heteroatoms. The minimum Gasteiger partial charge on any atom is -0.399 e. The van der Waals surface area contributed by atoms with Gasteiger partial charge in [-0.2, -0.15) is 0 Å². The predicted octanol–water partition coefficient (Wildman–Crippen LogP) is 2.03. The number of hydrogen-bond donors (Lipinski definition) is 1. The normalized spacial score (nSPS) is 25.6. The molecule has 1 aliphatic rings. The fourth-order valence-electron chi connectivity index (χ4n) is 2.28. The molecule has 2 rings (SSSR count). The van der Waals surface area contributed by atoms with Crippen molar-refractivity contribution in [2.45, 2.75) is 45.0 Å². The summed E-state index contributed by atoms with van der Waals surface area (Å²) in [6, 6.07) is 7.65. The third-order valence-corrected chi connectivity index (χ3v) is 4.01. The van der Waals surface area contributed by atoms with Gasteiger partial charge in [-0.3, -0.25) is 0 Å². The molecule has 1 aliphatic heterocycles. The maximum atomic E-state index is 9.06. The topological polar surface area (TPSA) is 38.7 Å². The molecule has 0 radical (unpaired) electrons. The van der Waals surface area contributed by atoms with E-state index in [2.05, 4.69) is 13.5 Å². The lowest BCUT2D eigenvalue weighted by Gasteiger charge is -2.35. The SMILES string of the molecule is C=CCC1(C)OB(c2ccc(CO)cc2)OC1(C)C. The summed E-state index contributed by atoms with van der Waals surface area (Å²) in [6.45, 7) is 9.97. The third-order valence-electron chi connectivity index (χ3n) is 4.01. The molecule has 0 aromatic heterocycles. The van der Waals surface area contributed by atoms with Crippen LogP contribution in [0.15, 0.2) is 36.9 Å². The number of aliphatic hydroxyl groups is 1. The van der Waals surface area contributed by atoms with Crippen LogP contribution in [-0.4, -0.2) is 23.4 Å². The Kier molecular flexibility index (Phi) is 3.86. The molecule has 1 N–H and O–H groups in total. The maximum Gasteiger partial charge on any atom is 0.494 e. The smallest absolute Gasteiger partial charge is 0.399 e. The van der Waals surface area contributed by atoms with Gasteiger partial charge >= 0.3 is 7.12 Å². The van der Waals surface area contributed by atoms with Gasteiger partial charge in [0, 0.05) is 0 Å². The minimum absolute atomic E-state index is 0.0479. The monoisotopic (exact) mass is 260 g/mol. The van der Waals surface area contributed by atoms with E-state index in [1.165, 1.54) is 0 Å². The second-order valence-electron chi connectivity index (χ2n) is 5.70. The zero-order valence-electron chi connectivity index (χ0n) is 11.8. The van der Waals surface area contributed by atoms with Gasteiger partial charge in [-0.25, -0.2) is 0 Å². The molecule has 0 bridgehead atoms. The van der Waals surface area contributed by atoms with Crippen molar-refractivity contribution in [2.24, 2.45) is 0 Å². The molecular formula is C15H21BO3. The first-order chi connectivity index (χ1) is 8.92. The lowest BCUT2D eigenvalue weighted by atomic mass is 9.79. The number of rotatable bonds is 4. The predicted molar refractivity (Wildman–Crippen MR) is 77.2 cm³/mol. The van der Waals surface area contributed by atoms with Crippen LogP contribution in [0.5, 0.6) is 0 Å². The van der Waals surface area contributed by atoms with E-state index in [1.807, 2.05) is 44.2 Å². The summed E-state index contributed by atoms with van der Waals surface area (Å²) in [6.07, 6.45) is 2.60. The Balaban J connectivity index is 2.21. The summed E-state index contributed by atoms with van der Waals surface area (Å²) in [5.74, 6) is 0. The maximum absolute atomic E-state index is 9.06. The Morgan fingerprint density at radius 1 is 1.21 bits per heavy atom. The summed E-state index contributed by atoms with van der Waals surface area (Å²) in [7, 11) is -0.368. The van der Waals surface area contributed by atoms with Crippen molar-refractivity contribution in [3.63, 3.8) is 0 Å². The van der Waals surface area contributed by atoms with Crippen molar-refractivity contribution >= 4 is 12.6 Å². The van der Waals surface area contributed by atoms with E-state index in [0.717, 1.165) is 17.4 Å². The third kappa shape index (κ3) is 2.61. The van der Waals surface area contributed by atoms with Crippen molar-refractivity contribution < 1.29 is 14.4 Å². The van der Waals surface area contributed by atoms with Crippen LogP contribution in [-0.2, 0) is 15.9 Å². The van der Waals surface area contributed by atoms with Gasteiger partial charge in [0.1, 0.15) is 0 Å². The van der Waals surface area contributed by atoms with Crippen LogP contribution in [0.2, 0.25) is 0 Å². The molecule has 1 aromatic rings. The summed E-state index contributed by atoms with van der Waals surface area (Å²) >= 11 is 0. The van der Waals surface area contributed by atoms with Crippen LogP contribution < -0.4 is 5.46 Å². The van der Waals surface area contributed by atoms with E-state index in [0.29, 0.717) is 0 Å². The highest BCUT2D eigenvalue weighted by Gasteiger charge is 2.53. The molecule has 3 nitrogen and oxygen atoms in total. The van der Waals surface area contributed by atoms with Crippen LogP contribution in [0, 0.1) is 0 Å². The average molecular weight is 260 g/mol. The van der Waals surface area contributed by atoms with Gasteiger partial charge in [-0.05, 0) is 38.2 Å². The van der Waals surface area contributed by atoms with Gasteiger partial charge in [0.15, 0.2) is 0 Å². The van der Waals surface area contributed by atoms with E-state index in [-0.39, 0.29) is 24.9 Å². The first kappa shape index (κ1) is 14.3. The van der Waals surface area contributed by atoms with Crippen molar-refractivity contribution in [3.05, 3.63) is 42.5 Å². The Labute approximate surface area is 115 Å². The summed E-state index contributed by atoms with van der Waals surface area (Å²) in [5, 5.41) is 9.06. The van der Waals surface area contributed by atoms with Crippen LogP contribution in [0.3, 0.4) is 0 Å². The molecule has 0 saturated carbocycles. The van der Waals surface area contributed by atoms with Gasteiger partial charge in [-0.1, -0.05) is 30.3 Å². The zero-order valence-corrected chi connectivity index (χ0v) is 11.8. The second-order valence-corrected chi connectivity index (χ2v) is 5.70. The van der Waals surface area contributed by atoms with Crippen molar-refractivity contribution in [1.82, 2.24) is 0 Å². The van der Waals surface area contributed by atoms with Gasteiger partial charge in [0.2, 0.25) is 0 Å². The highest BCUT2D eigenvalue weighted by atomic mass is 16.7. The molecule has 1 aromatic carbocycles. The first-order valence-corrected chi connectivity index (χ1v) is 6.58. The quantitative estimate of drug-likeness (QED) is 0.665. The van der Waals surface area contributed by atoms with Gasteiger partial charge in [0.05, 0.1) is 17.8 Å². The largest absolute Gasteiger partial charge is 0.494 e. The standard InChI is InChI=1S/C15H21BO3/c1-5-10-15(4)14(2,3)18-16(19-15)13-8-6-12(11-17)7-9-13/h5-9,17H,1,10-11H2,2-4H3. The molecule has 0 amide bonds. The lowest BCUT2D eigenvalue weighted by molar-refractivity contribution is -0.00668. The van der Waals surface area contributed by atoms with Crippen LogP contribution in [0.1, 0.15) is 32.8 Å². The molecule has 1 atom stereocenters. The Hall–Kier alpha value is -1.10. The van der Waals surface area contributed by atoms with E-state index >= 15 is 0 Å². The second kappa shape index (κ2) is 5.12. The van der Waals surface area contributed by atoms with E-state index < -0.39 is 0 Å². The highest BCUT2D eigenvalue weighted by Crippen LogP contribution is 2.39. The molecule has 1 heterocycles. The fourth-order valence-corrected chi connectivity index (χ4v) is 2.28. The van der Waals surface area contributed by atoms with E-state index in [1.54, 1.807) is 0 Å². The molecule has 1 unspecified atom stereocenters. The first-order valence-electron chi connectivity index (χ1n) is 6.58. The summed E-state index contributed by atoms with van der Waals surface area (Å²) in [4.78, 5) is 0. The van der Waals surface area contributed by atoms with Crippen molar-refractivity contribution in [3.8, 4) is 0 Å². The molecule has 1 saturated heterocycles. The number of benzene rings is 1.